The summed E-state index contributed by atoms with van der Waals surface area (Å²) in [4.78, 5) is 24.2. The van der Waals surface area contributed by atoms with Gasteiger partial charge in [0.25, 0.3) is 5.91 Å². The molecule has 1 heterocycles. The van der Waals surface area contributed by atoms with Gasteiger partial charge >= 0.3 is 0 Å². The van der Waals surface area contributed by atoms with Crippen LogP contribution in [0.3, 0.4) is 0 Å². The lowest BCUT2D eigenvalue weighted by atomic mass is 10.2. The van der Waals surface area contributed by atoms with Gasteiger partial charge in [-0.05, 0) is 12.5 Å². The normalized spacial score (nSPS) is 11.1. The number of amides is 1. The average Bonchev–Trinajstić information content (AvgIpc) is 3.04. The van der Waals surface area contributed by atoms with Crippen LogP contribution in [0.25, 0.3) is 5.70 Å². The molecule has 0 saturated carbocycles. The molecule has 0 aliphatic heterocycles. The van der Waals surface area contributed by atoms with Crippen LogP contribution in [0.15, 0.2) is 52.3 Å². The predicted molar refractivity (Wildman–Crippen MR) is 91.4 cm³/mol. The molecule has 6 heteroatoms. The molecular formula is C16H16N4OS. The maximum Gasteiger partial charge on any atom is 0.271 e. The zero-order chi connectivity index (χ0) is 15.8. The van der Waals surface area contributed by atoms with E-state index < -0.39 is 0 Å². The number of nitrogens with zero attached hydrogens (tertiary/aromatic N) is 3. The van der Waals surface area contributed by atoms with Crippen LogP contribution in [-0.4, -0.2) is 23.4 Å². The highest BCUT2D eigenvalue weighted by molar-refractivity contribution is 7.11. The molecule has 0 aliphatic carbocycles. The Balaban J connectivity index is 1.95. The fourth-order valence-electron chi connectivity index (χ4n) is 1.60. The van der Waals surface area contributed by atoms with Gasteiger partial charge in [0.1, 0.15) is 17.0 Å². The Kier molecular flexibility index (Phi) is 5.73. The number of thiazole rings is 1. The Bertz CT molecular complexity index is 704. The summed E-state index contributed by atoms with van der Waals surface area (Å²) < 4.78 is 0. The molecule has 22 heavy (non-hydrogen) atoms. The minimum absolute atomic E-state index is 0.213. The van der Waals surface area contributed by atoms with E-state index >= 15 is 0 Å². The predicted octanol–water partition coefficient (Wildman–Crippen LogP) is 3.16. The van der Waals surface area contributed by atoms with Gasteiger partial charge in [-0.2, -0.15) is 0 Å². The highest BCUT2D eigenvalue weighted by Gasteiger charge is 2.11. The number of benzene rings is 1. The molecule has 0 atom stereocenters. The number of hydrogen-bond acceptors (Lipinski definition) is 4. The van der Waals surface area contributed by atoms with Gasteiger partial charge in [-0.3, -0.25) is 4.79 Å². The molecule has 0 saturated heterocycles. The van der Waals surface area contributed by atoms with Crippen LogP contribution in [0.1, 0.15) is 28.0 Å². The van der Waals surface area contributed by atoms with Crippen LogP contribution >= 0.6 is 11.3 Å². The maximum atomic E-state index is 12.1. The average molecular weight is 312 g/mol. The Morgan fingerprint density at radius 1 is 1.41 bits per heavy atom. The standard InChI is InChI=1S/C16H16N4OS/c1-3-17-11-19-12(2)16-20-14(10-22-16)15(21)18-9-13-7-5-4-6-8-13/h3-8,10-11H,2,9H2,1H3,(H,18,21). The van der Waals surface area contributed by atoms with E-state index in [2.05, 4.69) is 26.9 Å². The second kappa shape index (κ2) is 7.99. The van der Waals surface area contributed by atoms with Crippen molar-refractivity contribution in [2.24, 2.45) is 9.98 Å². The SMILES string of the molecule is C=C(N=CN=CC)c1nc(C(=O)NCc2ccccc2)cs1. The van der Waals surface area contributed by atoms with Crippen molar-refractivity contribution in [3.05, 3.63) is 58.6 Å². The van der Waals surface area contributed by atoms with Crippen molar-refractivity contribution < 1.29 is 4.79 Å². The lowest BCUT2D eigenvalue weighted by molar-refractivity contribution is 0.0946. The number of rotatable bonds is 6. The Labute approximate surface area is 133 Å². The van der Waals surface area contributed by atoms with Crippen molar-refractivity contribution >= 4 is 35.5 Å². The van der Waals surface area contributed by atoms with Crippen molar-refractivity contribution in [3.8, 4) is 0 Å². The molecule has 5 nitrogen and oxygen atoms in total. The summed E-state index contributed by atoms with van der Waals surface area (Å²) in [7, 11) is 0. The summed E-state index contributed by atoms with van der Waals surface area (Å²) in [6.07, 6.45) is 3.03. The number of nitrogens with one attached hydrogen (secondary N) is 1. The number of aliphatic imine (C=N–C) groups is 2. The molecule has 0 radical (unpaired) electrons. The van der Waals surface area contributed by atoms with Gasteiger partial charge < -0.3 is 5.32 Å². The molecule has 2 aromatic rings. The van der Waals surface area contributed by atoms with E-state index in [1.54, 1.807) is 18.5 Å². The van der Waals surface area contributed by atoms with E-state index in [1.807, 2.05) is 30.3 Å². The minimum Gasteiger partial charge on any atom is -0.347 e. The first kappa shape index (κ1) is 15.8. The summed E-state index contributed by atoms with van der Waals surface area (Å²) in [6.45, 7) is 6.08. The highest BCUT2D eigenvalue weighted by Crippen LogP contribution is 2.18. The number of hydrogen-bond donors (Lipinski definition) is 1. The summed E-state index contributed by atoms with van der Waals surface area (Å²) in [5, 5.41) is 5.13. The number of aromatic nitrogens is 1. The summed E-state index contributed by atoms with van der Waals surface area (Å²) in [5.74, 6) is -0.213. The first-order valence-corrected chi connectivity index (χ1v) is 7.56. The summed E-state index contributed by atoms with van der Waals surface area (Å²) in [5.41, 5.74) is 1.89. The van der Waals surface area contributed by atoms with Crippen molar-refractivity contribution in [1.29, 1.82) is 0 Å². The molecule has 1 aromatic carbocycles. The fraction of sp³-hybridized carbons (Fsp3) is 0.125. The smallest absolute Gasteiger partial charge is 0.271 e. The van der Waals surface area contributed by atoms with Crippen LogP contribution in [0.2, 0.25) is 0 Å². The molecule has 112 valence electrons. The van der Waals surface area contributed by atoms with E-state index in [0.717, 1.165) is 5.56 Å². The number of carbonyl (C=O) groups is 1. The van der Waals surface area contributed by atoms with Crippen molar-refractivity contribution in [2.45, 2.75) is 13.5 Å². The Morgan fingerprint density at radius 3 is 2.91 bits per heavy atom. The molecule has 0 spiro atoms. The van der Waals surface area contributed by atoms with E-state index in [4.69, 9.17) is 0 Å². The zero-order valence-corrected chi connectivity index (χ0v) is 13.0. The number of carbonyl (C=O) groups excluding carboxylic acids is 1. The van der Waals surface area contributed by atoms with Crippen LogP contribution in [0.5, 0.6) is 0 Å². The van der Waals surface area contributed by atoms with Crippen molar-refractivity contribution in [3.63, 3.8) is 0 Å². The first-order chi connectivity index (χ1) is 10.7. The second-order valence-electron chi connectivity index (χ2n) is 4.30. The van der Waals surface area contributed by atoms with Gasteiger partial charge in [-0.15, -0.1) is 11.3 Å². The van der Waals surface area contributed by atoms with Gasteiger partial charge in [0.2, 0.25) is 0 Å². The first-order valence-electron chi connectivity index (χ1n) is 6.68. The molecular weight excluding hydrogens is 296 g/mol. The quantitative estimate of drug-likeness (QED) is 0.657. The van der Waals surface area contributed by atoms with Gasteiger partial charge in [0.05, 0.1) is 5.70 Å². The van der Waals surface area contributed by atoms with Gasteiger partial charge in [-0.1, -0.05) is 36.9 Å². The molecule has 0 aliphatic rings. The maximum absolute atomic E-state index is 12.1. The Hall–Kier alpha value is -2.60. The molecule has 2 rings (SSSR count). The van der Waals surface area contributed by atoms with Crippen LogP contribution in [0, 0.1) is 0 Å². The van der Waals surface area contributed by atoms with Crippen LogP contribution in [-0.2, 0) is 6.54 Å². The van der Waals surface area contributed by atoms with Gasteiger partial charge in [-0.25, -0.2) is 15.0 Å². The largest absolute Gasteiger partial charge is 0.347 e. The monoisotopic (exact) mass is 312 g/mol. The van der Waals surface area contributed by atoms with Crippen molar-refractivity contribution in [2.75, 3.05) is 0 Å². The highest BCUT2D eigenvalue weighted by atomic mass is 32.1. The van der Waals surface area contributed by atoms with Crippen LogP contribution < -0.4 is 5.32 Å². The van der Waals surface area contributed by atoms with Crippen molar-refractivity contribution in [1.82, 2.24) is 10.3 Å². The molecule has 0 unspecified atom stereocenters. The molecule has 1 N–H and O–H groups in total. The molecule has 0 bridgehead atoms. The van der Waals surface area contributed by atoms with E-state index in [1.165, 1.54) is 17.7 Å². The fourth-order valence-corrected chi connectivity index (χ4v) is 2.33. The summed E-state index contributed by atoms with van der Waals surface area (Å²) in [6, 6.07) is 9.72. The third-order valence-corrected chi connectivity index (χ3v) is 3.60. The Morgan fingerprint density at radius 2 is 2.18 bits per heavy atom. The summed E-state index contributed by atoms with van der Waals surface area (Å²) >= 11 is 1.33. The van der Waals surface area contributed by atoms with Gasteiger partial charge in [0.15, 0.2) is 0 Å². The minimum atomic E-state index is -0.213. The van der Waals surface area contributed by atoms with Crippen LogP contribution in [0.4, 0.5) is 0 Å². The van der Waals surface area contributed by atoms with E-state index in [0.29, 0.717) is 22.9 Å². The second-order valence-corrected chi connectivity index (χ2v) is 5.16. The zero-order valence-electron chi connectivity index (χ0n) is 12.2. The molecule has 1 aromatic heterocycles. The topological polar surface area (TPSA) is 66.7 Å². The third kappa shape index (κ3) is 4.46. The van der Waals surface area contributed by atoms with E-state index in [-0.39, 0.29) is 5.91 Å². The third-order valence-electron chi connectivity index (χ3n) is 2.71. The molecule has 1 amide bonds. The lowest BCUT2D eigenvalue weighted by Gasteiger charge is -2.02. The van der Waals surface area contributed by atoms with Gasteiger partial charge in [0, 0.05) is 18.1 Å². The van der Waals surface area contributed by atoms with E-state index in [9.17, 15) is 4.79 Å². The molecule has 0 fully saturated rings. The lowest BCUT2D eigenvalue weighted by Crippen LogP contribution is -2.23.